The molecule has 0 aromatic rings. The number of hydrogen-bond acceptors (Lipinski definition) is 3. The van der Waals surface area contributed by atoms with Gasteiger partial charge in [0.05, 0.1) is 0 Å². The van der Waals surface area contributed by atoms with Gasteiger partial charge in [0.2, 0.25) is 11.8 Å². The Morgan fingerprint density at radius 1 is 1.00 bits per heavy atom. The molecule has 0 aromatic heterocycles. The van der Waals surface area contributed by atoms with Crippen LogP contribution in [-0.4, -0.2) is 35.0 Å². The summed E-state index contributed by atoms with van der Waals surface area (Å²) in [4.78, 5) is 37.0. The molecule has 0 aliphatic heterocycles. The third-order valence-corrected chi connectivity index (χ3v) is 6.78. The van der Waals surface area contributed by atoms with Gasteiger partial charge in [0.15, 0.2) is 0 Å². The SMILES string of the molecule is CCC(NC(=O)C(NC(=O)C12CC3CC(CC(C3)C1)C2)C(C)C)C(=O)O. The highest BCUT2D eigenvalue weighted by Gasteiger charge is 2.55. The average molecular weight is 364 g/mol. The molecule has 4 saturated carbocycles. The second-order valence-electron chi connectivity index (χ2n) is 9.20. The van der Waals surface area contributed by atoms with Crippen molar-refractivity contribution in [3.8, 4) is 0 Å². The molecule has 2 unspecified atom stereocenters. The highest BCUT2D eigenvalue weighted by molar-refractivity contribution is 5.92. The Bertz CT molecular complexity index is 551. The van der Waals surface area contributed by atoms with E-state index in [1.54, 1.807) is 6.92 Å². The summed E-state index contributed by atoms with van der Waals surface area (Å²) < 4.78 is 0. The van der Waals surface area contributed by atoms with Crippen LogP contribution in [-0.2, 0) is 14.4 Å². The third kappa shape index (κ3) is 3.60. The highest BCUT2D eigenvalue weighted by atomic mass is 16.4. The monoisotopic (exact) mass is 364 g/mol. The molecule has 0 radical (unpaired) electrons. The molecule has 0 spiro atoms. The first-order valence-electron chi connectivity index (χ1n) is 10.1. The number of hydrogen-bond donors (Lipinski definition) is 3. The van der Waals surface area contributed by atoms with Gasteiger partial charge in [-0.2, -0.15) is 0 Å². The maximum atomic E-state index is 13.2. The first kappa shape index (κ1) is 19.2. The van der Waals surface area contributed by atoms with Crippen molar-refractivity contribution < 1.29 is 19.5 Å². The minimum Gasteiger partial charge on any atom is -0.480 e. The van der Waals surface area contributed by atoms with Crippen molar-refractivity contribution in [2.24, 2.45) is 29.1 Å². The van der Waals surface area contributed by atoms with E-state index in [2.05, 4.69) is 10.6 Å². The zero-order valence-corrected chi connectivity index (χ0v) is 16.1. The summed E-state index contributed by atoms with van der Waals surface area (Å²) in [6.07, 6.45) is 6.94. The van der Waals surface area contributed by atoms with Crippen molar-refractivity contribution in [2.45, 2.75) is 77.8 Å². The van der Waals surface area contributed by atoms with E-state index in [9.17, 15) is 19.5 Å². The number of aliphatic carboxylic acids is 1. The number of carboxylic acids is 1. The Balaban J connectivity index is 1.69. The average Bonchev–Trinajstić information content (AvgIpc) is 2.55. The molecular formula is C20H32N2O4. The van der Waals surface area contributed by atoms with Crippen molar-refractivity contribution in [3.05, 3.63) is 0 Å². The molecule has 6 heteroatoms. The lowest BCUT2D eigenvalue weighted by Crippen LogP contribution is -2.59. The number of rotatable bonds is 7. The van der Waals surface area contributed by atoms with Crippen LogP contribution in [0.15, 0.2) is 0 Å². The normalized spacial score (nSPS) is 34.4. The van der Waals surface area contributed by atoms with Gasteiger partial charge in [-0.1, -0.05) is 20.8 Å². The number of amides is 2. The van der Waals surface area contributed by atoms with Crippen molar-refractivity contribution in [3.63, 3.8) is 0 Å². The Morgan fingerprint density at radius 3 is 1.88 bits per heavy atom. The van der Waals surface area contributed by atoms with Gasteiger partial charge in [0, 0.05) is 5.41 Å². The van der Waals surface area contributed by atoms with Crippen LogP contribution in [0, 0.1) is 29.1 Å². The summed E-state index contributed by atoms with van der Waals surface area (Å²) in [6.45, 7) is 5.48. The van der Waals surface area contributed by atoms with E-state index in [4.69, 9.17) is 0 Å². The first-order chi connectivity index (χ1) is 12.2. The molecule has 4 bridgehead atoms. The van der Waals surface area contributed by atoms with E-state index in [0.29, 0.717) is 24.2 Å². The van der Waals surface area contributed by atoms with Crippen LogP contribution in [0.25, 0.3) is 0 Å². The van der Waals surface area contributed by atoms with Gasteiger partial charge < -0.3 is 15.7 Å². The fourth-order valence-electron chi connectivity index (χ4n) is 5.82. The molecule has 26 heavy (non-hydrogen) atoms. The van der Waals surface area contributed by atoms with Gasteiger partial charge in [0.25, 0.3) is 0 Å². The Labute approximate surface area is 155 Å². The Hall–Kier alpha value is -1.59. The lowest BCUT2D eigenvalue weighted by Gasteiger charge is -2.55. The predicted octanol–water partition coefficient (Wildman–Crippen LogP) is 2.32. The topological polar surface area (TPSA) is 95.5 Å². The van der Waals surface area contributed by atoms with Crippen LogP contribution >= 0.6 is 0 Å². The molecule has 0 heterocycles. The van der Waals surface area contributed by atoms with E-state index in [0.717, 1.165) is 19.3 Å². The maximum Gasteiger partial charge on any atom is 0.326 e. The molecule has 0 aromatic carbocycles. The minimum atomic E-state index is -1.05. The van der Waals surface area contributed by atoms with E-state index in [1.165, 1.54) is 19.3 Å². The van der Waals surface area contributed by atoms with Gasteiger partial charge in [-0.25, -0.2) is 4.79 Å². The lowest BCUT2D eigenvalue weighted by molar-refractivity contribution is -0.149. The van der Waals surface area contributed by atoms with Crippen LogP contribution in [0.3, 0.4) is 0 Å². The minimum absolute atomic E-state index is 0.00817. The molecule has 4 aliphatic carbocycles. The molecule has 2 atom stereocenters. The molecule has 4 fully saturated rings. The van der Waals surface area contributed by atoms with Crippen LogP contribution in [0.4, 0.5) is 0 Å². The molecule has 3 N–H and O–H groups in total. The summed E-state index contributed by atoms with van der Waals surface area (Å²) in [7, 11) is 0. The molecule has 146 valence electrons. The van der Waals surface area contributed by atoms with Crippen LogP contribution in [0.1, 0.15) is 65.7 Å². The molecule has 4 rings (SSSR count). The Morgan fingerprint density at radius 2 is 1.50 bits per heavy atom. The maximum absolute atomic E-state index is 13.2. The van der Waals surface area contributed by atoms with Crippen LogP contribution < -0.4 is 10.6 Å². The van der Waals surface area contributed by atoms with Crippen LogP contribution in [0.5, 0.6) is 0 Å². The summed E-state index contributed by atoms with van der Waals surface area (Å²) in [5.41, 5.74) is -0.306. The Kier molecular flexibility index (Phi) is 5.31. The predicted molar refractivity (Wildman–Crippen MR) is 97.2 cm³/mol. The van der Waals surface area contributed by atoms with E-state index in [-0.39, 0.29) is 17.2 Å². The molecule has 6 nitrogen and oxygen atoms in total. The fourth-order valence-corrected chi connectivity index (χ4v) is 5.82. The summed E-state index contributed by atoms with van der Waals surface area (Å²) in [5.74, 6) is 0.454. The number of carbonyl (C=O) groups excluding carboxylic acids is 2. The zero-order chi connectivity index (χ0) is 19.1. The largest absolute Gasteiger partial charge is 0.480 e. The number of nitrogens with one attached hydrogen (secondary N) is 2. The van der Waals surface area contributed by atoms with Gasteiger partial charge in [-0.05, 0) is 68.6 Å². The lowest BCUT2D eigenvalue weighted by atomic mass is 9.49. The molecule has 0 saturated heterocycles. The summed E-state index contributed by atoms with van der Waals surface area (Å²) in [6, 6.07) is -1.61. The number of carbonyl (C=O) groups is 3. The third-order valence-electron chi connectivity index (χ3n) is 6.78. The van der Waals surface area contributed by atoms with E-state index in [1.807, 2.05) is 13.8 Å². The van der Waals surface area contributed by atoms with Gasteiger partial charge in [0.1, 0.15) is 12.1 Å². The van der Waals surface area contributed by atoms with Gasteiger partial charge >= 0.3 is 5.97 Å². The van der Waals surface area contributed by atoms with Gasteiger partial charge in [-0.15, -0.1) is 0 Å². The van der Waals surface area contributed by atoms with Crippen molar-refractivity contribution in [1.29, 1.82) is 0 Å². The van der Waals surface area contributed by atoms with Crippen molar-refractivity contribution in [1.82, 2.24) is 10.6 Å². The quantitative estimate of drug-likeness (QED) is 0.646. The zero-order valence-electron chi connectivity index (χ0n) is 16.1. The molecule has 2 amide bonds. The molecule has 4 aliphatic rings. The van der Waals surface area contributed by atoms with E-state index < -0.39 is 24.0 Å². The first-order valence-corrected chi connectivity index (χ1v) is 10.1. The van der Waals surface area contributed by atoms with Crippen LogP contribution in [0.2, 0.25) is 0 Å². The second kappa shape index (κ2) is 7.20. The highest BCUT2D eigenvalue weighted by Crippen LogP contribution is 2.60. The molecular weight excluding hydrogens is 332 g/mol. The van der Waals surface area contributed by atoms with Crippen molar-refractivity contribution >= 4 is 17.8 Å². The van der Waals surface area contributed by atoms with Gasteiger partial charge in [-0.3, -0.25) is 9.59 Å². The smallest absolute Gasteiger partial charge is 0.326 e. The van der Waals surface area contributed by atoms with Crippen molar-refractivity contribution in [2.75, 3.05) is 0 Å². The fraction of sp³-hybridized carbons (Fsp3) is 0.850. The standard InChI is InChI=1S/C20H32N2O4/c1-4-15(18(24)25)21-17(23)16(11(2)3)22-19(26)20-8-12-5-13(9-20)7-14(6-12)10-20/h11-16H,4-10H2,1-3H3,(H,21,23)(H,22,26)(H,24,25). The van der Waals surface area contributed by atoms with E-state index >= 15 is 0 Å². The second-order valence-corrected chi connectivity index (χ2v) is 9.20. The summed E-state index contributed by atoms with van der Waals surface area (Å²) in [5, 5.41) is 14.7. The number of carboxylic acid groups (broad SMARTS) is 1. The summed E-state index contributed by atoms with van der Waals surface area (Å²) >= 11 is 0.